The van der Waals surface area contributed by atoms with E-state index in [2.05, 4.69) is 44.8 Å². The molecule has 1 aromatic carbocycles. The zero-order valence-electron chi connectivity index (χ0n) is 12.6. The largest absolute Gasteiger partial charge is 0.350 e. The highest BCUT2D eigenvalue weighted by molar-refractivity contribution is 5.43. The Hall–Kier alpha value is -2.41. The van der Waals surface area contributed by atoms with Gasteiger partial charge in [0.25, 0.3) is 0 Å². The van der Waals surface area contributed by atoms with Gasteiger partial charge in [-0.1, -0.05) is 31.2 Å². The molecule has 1 aromatic heterocycles. The molecule has 4 N–H and O–H groups in total. The first kappa shape index (κ1) is 15.0. The lowest BCUT2D eigenvalue weighted by atomic mass is 10.1. The van der Waals surface area contributed by atoms with E-state index in [9.17, 15) is 0 Å². The fourth-order valence-corrected chi connectivity index (χ4v) is 1.96. The number of rotatable bonds is 6. The van der Waals surface area contributed by atoms with Crippen molar-refractivity contribution in [3.8, 4) is 0 Å². The lowest BCUT2D eigenvalue weighted by Crippen LogP contribution is -2.19. The van der Waals surface area contributed by atoms with Crippen molar-refractivity contribution in [3.63, 3.8) is 0 Å². The summed E-state index contributed by atoms with van der Waals surface area (Å²) in [5.74, 6) is 6.76. The van der Waals surface area contributed by atoms with Gasteiger partial charge in [-0.3, -0.25) is 5.43 Å². The van der Waals surface area contributed by atoms with Crippen molar-refractivity contribution in [2.24, 2.45) is 5.84 Å². The first-order chi connectivity index (χ1) is 10.1. The van der Waals surface area contributed by atoms with Crippen LogP contribution in [0.5, 0.6) is 0 Å². The Balaban J connectivity index is 2.17. The van der Waals surface area contributed by atoms with E-state index < -0.39 is 0 Å². The predicted molar refractivity (Wildman–Crippen MR) is 85.1 cm³/mol. The normalized spacial score (nSPS) is 10.3. The van der Waals surface area contributed by atoms with Crippen molar-refractivity contribution in [2.45, 2.75) is 19.9 Å². The Kier molecular flexibility index (Phi) is 4.89. The van der Waals surface area contributed by atoms with Crippen LogP contribution in [0.1, 0.15) is 18.1 Å². The van der Waals surface area contributed by atoms with Crippen LogP contribution in [0, 0.1) is 0 Å². The first-order valence-corrected chi connectivity index (χ1v) is 6.84. The van der Waals surface area contributed by atoms with Gasteiger partial charge in [-0.15, -0.1) is 0 Å². The SMILES string of the molecule is CCc1ccccc1CNc1nc(NN)nc(N(C)C)n1. The summed E-state index contributed by atoms with van der Waals surface area (Å²) in [6.45, 7) is 2.80. The van der Waals surface area contributed by atoms with Crippen LogP contribution < -0.4 is 21.5 Å². The summed E-state index contributed by atoms with van der Waals surface area (Å²) in [6.07, 6.45) is 0.994. The molecule has 0 fully saturated rings. The molecular weight excluding hydrogens is 266 g/mol. The number of nitrogens with zero attached hydrogens (tertiary/aromatic N) is 4. The number of hydrogen-bond donors (Lipinski definition) is 3. The molecule has 0 saturated carbocycles. The second-order valence-corrected chi connectivity index (χ2v) is 4.80. The zero-order valence-corrected chi connectivity index (χ0v) is 12.6. The van der Waals surface area contributed by atoms with Crippen molar-refractivity contribution in [1.29, 1.82) is 0 Å². The summed E-state index contributed by atoms with van der Waals surface area (Å²) >= 11 is 0. The van der Waals surface area contributed by atoms with E-state index in [-0.39, 0.29) is 0 Å². The van der Waals surface area contributed by atoms with Crippen molar-refractivity contribution in [3.05, 3.63) is 35.4 Å². The number of anilines is 3. The van der Waals surface area contributed by atoms with Crippen LogP contribution in [0.4, 0.5) is 17.8 Å². The summed E-state index contributed by atoms with van der Waals surface area (Å²) in [6, 6.07) is 8.30. The van der Waals surface area contributed by atoms with Crippen molar-refractivity contribution < 1.29 is 0 Å². The molecule has 0 aliphatic carbocycles. The summed E-state index contributed by atoms with van der Waals surface area (Å²) in [5, 5.41) is 3.22. The van der Waals surface area contributed by atoms with E-state index >= 15 is 0 Å². The maximum Gasteiger partial charge on any atom is 0.243 e. The number of aromatic nitrogens is 3. The number of hydrazine groups is 1. The highest BCUT2D eigenvalue weighted by Crippen LogP contribution is 2.14. The van der Waals surface area contributed by atoms with Crippen LogP contribution in [0.15, 0.2) is 24.3 Å². The summed E-state index contributed by atoms with van der Waals surface area (Å²) in [5.41, 5.74) is 4.99. The van der Waals surface area contributed by atoms with Gasteiger partial charge < -0.3 is 10.2 Å². The number of aryl methyl sites for hydroxylation is 1. The lowest BCUT2D eigenvalue weighted by Gasteiger charge is -2.14. The van der Waals surface area contributed by atoms with Crippen LogP contribution in [0.2, 0.25) is 0 Å². The highest BCUT2D eigenvalue weighted by atomic mass is 15.4. The van der Waals surface area contributed by atoms with Crippen LogP contribution in [0.3, 0.4) is 0 Å². The molecule has 0 spiro atoms. The van der Waals surface area contributed by atoms with Crippen molar-refractivity contribution in [2.75, 3.05) is 29.7 Å². The van der Waals surface area contributed by atoms with Crippen LogP contribution in [-0.4, -0.2) is 29.0 Å². The second-order valence-electron chi connectivity index (χ2n) is 4.80. The quantitative estimate of drug-likeness (QED) is 0.546. The minimum Gasteiger partial charge on any atom is -0.350 e. The monoisotopic (exact) mass is 287 g/mol. The van der Waals surface area contributed by atoms with E-state index in [0.29, 0.717) is 24.4 Å². The van der Waals surface area contributed by atoms with Gasteiger partial charge in [0, 0.05) is 20.6 Å². The third-order valence-electron chi connectivity index (χ3n) is 3.09. The van der Waals surface area contributed by atoms with Gasteiger partial charge >= 0.3 is 0 Å². The summed E-state index contributed by atoms with van der Waals surface area (Å²) < 4.78 is 0. The van der Waals surface area contributed by atoms with Crippen LogP contribution in [-0.2, 0) is 13.0 Å². The summed E-state index contributed by atoms with van der Waals surface area (Å²) in [7, 11) is 3.73. The molecule has 0 amide bonds. The molecular formula is C14H21N7. The number of nitrogens with two attached hydrogens (primary N) is 1. The Labute approximate surface area is 124 Å². The third-order valence-corrected chi connectivity index (χ3v) is 3.09. The van der Waals surface area contributed by atoms with Gasteiger partial charge in [0.05, 0.1) is 0 Å². The van der Waals surface area contributed by atoms with E-state index in [1.165, 1.54) is 11.1 Å². The van der Waals surface area contributed by atoms with Gasteiger partial charge in [-0.2, -0.15) is 15.0 Å². The Morgan fingerprint density at radius 1 is 1.05 bits per heavy atom. The smallest absolute Gasteiger partial charge is 0.243 e. The average molecular weight is 287 g/mol. The van der Waals surface area contributed by atoms with Crippen LogP contribution in [0.25, 0.3) is 0 Å². The third kappa shape index (κ3) is 3.79. The predicted octanol–water partition coefficient (Wildman–Crippen LogP) is 1.40. The zero-order chi connectivity index (χ0) is 15.2. The van der Waals surface area contributed by atoms with Gasteiger partial charge in [-0.25, -0.2) is 5.84 Å². The standard InChI is InChI=1S/C14H21N7/c1-4-10-7-5-6-8-11(10)9-16-12-17-13(20-15)19-14(18-12)21(2)3/h5-8H,4,9,15H2,1-3H3,(H2,16,17,18,19,20). The molecule has 0 saturated heterocycles. The number of nitrogens with one attached hydrogen (secondary N) is 2. The molecule has 0 atom stereocenters. The van der Waals surface area contributed by atoms with Crippen molar-refractivity contribution >= 4 is 17.8 Å². The molecule has 7 nitrogen and oxygen atoms in total. The first-order valence-electron chi connectivity index (χ1n) is 6.84. The van der Waals surface area contributed by atoms with E-state index in [0.717, 1.165) is 6.42 Å². The molecule has 21 heavy (non-hydrogen) atoms. The minimum atomic E-state index is 0.333. The van der Waals surface area contributed by atoms with Gasteiger partial charge in [0.1, 0.15) is 0 Å². The van der Waals surface area contributed by atoms with Crippen molar-refractivity contribution in [1.82, 2.24) is 15.0 Å². The molecule has 0 aliphatic heterocycles. The van der Waals surface area contributed by atoms with Gasteiger partial charge in [0.15, 0.2) is 0 Å². The molecule has 0 bridgehead atoms. The number of benzene rings is 1. The molecule has 1 heterocycles. The second kappa shape index (κ2) is 6.85. The minimum absolute atomic E-state index is 0.333. The van der Waals surface area contributed by atoms with Gasteiger partial charge in [0.2, 0.25) is 17.8 Å². The summed E-state index contributed by atoms with van der Waals surface area (Å²) in [4.78, 5) is 14.5. The molecule has 0 unspecified atom stereocenters. The Morgan fingerprint density at radius 2 is 1.71 bits per heavy atom. The van der Waals surface area contributed by atoms with Crippen LogP contribution >= 0.6 is 0 Å². The number of hydrogen-bond acceptors (Lipinski definition) is 7. The molecule has 0 radical (unpaired) electrons. The topological polar surface area (TPSA) is 92.0 Å². The average Bonchev–Trinajstić information content (AvgIpc) is 2.52. The molecule has 2 rings (SSSR count). The number of nitrogen functional groups attached to an aromatic ring is 1. The van der Waals surface area contributed by atoms with Gasteiger partial charge in [-0.05, 0) is 17.5 Å². The molecule has 2 aromatic rings. The fourth-order valence-electron chi connectivity index (χ4n) is 1.96. The molecule has 7 heteroatoms. The van der Waals surface area contributed by atoms with E-state index in [1.807, 2.05) is 26.2 Å². The van der Waals surface area contributed by atoms with E-state index in [1.54, 1.807) is 4.90 Å². The maximum atomic E-state index is 5.39. The van der Waals surface area contributed by atoms with E-state index in [4.69, 9.17) is 5.84 Å². The Bertz CT molecular complexity index is 598. The fraction of sp³-hybridized carbons (Fsp3) is 0.357. The molecule has 0 aliphatic rings. The Morgan fingerprint density at radius 3 is 2.33 bits per heavy atom. The lowest BCUT2D eigenvalue weighted by molar-refractivity contribution is 0.934. The highest BCUT2D eigenvalue weighted by Gasteiger charge is 2.08. The maximum absolute atomic E-state index is 5.39. The molecule has 112 valence electrons.